The lowest BCUT2D eigenvalue weighted by atomic mass is 10.1. The molecule has 0 spiro atoms. The molecule has 23 heavy (non-hydrogen) atoms. The summed E-state index contributed by atoms with van der Waals surface area (Å²) in [6, 6.07) is 10.8. The number of amides is 1. The quantitative estimate of drug-likeness (QED) is 0.774. The maximum Gasteiger partial charge on any atom is 0.287 e. The molecule has 3 N–H and O–H groups in total. The summed E-state index contributed by atoms with van der Waals surface area (Å²) in [4.78, 5) is 11.9. The summed E-state index contributed by atoms with van der Waals surface area (Å²) < 4.78 is 12.0. The first kappa shape index (κ1) is 19.5. The van der Waals surface area contributed by atoms with E-state index in [1.54, 1.807) is 12.1 Å². The Hall–Kier alpha value is -1.50. The van der Waals surface area contributed by atoms with Gasteiger partial charge in [-0.15, -0.1) is 12.4 Å². The van der Waals surface area contributed by atoms with Crippen LogP contribution in [0.15, 0.2) is 45.3 Å². The zero-order valence-electron chi connectivity index (χ0n) is 13.0. The smallest absolute Gasteiger partial charge is 0.287 e. The molecule has 2 rings (SSSR count). The topological polar surface area (TPSA) is 77.5 Å². The molecule has 0 aliphatic rings. The van der Waals surface area contributed by atoms with Crippen molar-refractivity contribution in [3.8, 4) is 5.75 Å². The van der Waals surface area contributed by atoms with E-state index in [9.17, 15) is 4.79 Å². The van der Waals surface area contributed by atoms with Crippen LogP contribution in [-0.4, -0.2) is 18.0 Å². The highest BCUT2D eigenvalue weighted by molar-refractivity contribution is 9.10. The van der Waals surface area contributed by atoms with Crippen molar-refractivity contribution in [2.75, 3.05) is 6.54 Å². The number of benzene rings is 1. The van der Waals surface area contributed by atoms with Crippen LogP contribution in [0.5, 0.6) is 5.75 Å². The van der Waals surface area contributed by atoms with Crippen LogP contribution < -0.4 is 15.8 Å². The molecule has 0 radical (unpaired) electrons. The van der Waals surface area contributed by atoms with E-state index >= 15 is 0 Å². The van der Waals surface area contributed by atoms with E-state index < -0.39 is 5.54 Å². The third-order valence-corrected chi connectivity index (χ3v) is 3.31. The van der Waals surface area contributed by atoms with Crippen LogP contribution in [0.4, 0.5) is 0 Å². The molecule has 1 amide bonds. The van der Waals surface area contributed by atoms with Gasteiger partial charge >= 0.3 is 0 Å². The van der Waals surface area contributed by atoms with Crippen LogP contribution in [0.3, 0.4) is 0 Å². The summed E-state index contributed by atoms with van der Waals surface area (Å²) in [5.41, 5.74) is 5.36. The SMILES string of the molecule is CC(C)(N)CNC(=O)c1ccc(COc2ccc(Br)cc2)o1.Cl. The van der Waals surface area contributed by atoms with Gasteiger partial charge in [-0.1, -0.05) is 15.9 Å². The van der Waals surface area contributed by atoms with Gasteiger partial charge in [-0.25, -0.2) is 0 Å². The fourth-order valence-corrected chi connectivity index (χ4v) is 1.92. The Kier molecular flexibility index (Phi) is 7.12. The Morgan fingerprint density at radius 3 is 2.52 bits per heavy atom. The van der Waals surface area contributed by atoms with E-state index in [1.807, 2.05) is 38.1 Å². The van der Waals surface area contributed by atoms with Gasteiger partial charge in [0.25, 0.3) is 5.91 Å². The number of nitrogens with two attached hydrogens (primary N) is 1. The zero-order valence-corrected chi connectivity index (χ0v) is 15.4. The van der Waals surface area contributed by atoms with Gasteiger partial charge in [0.2, 0.25) is 0 Å². The normalized spacial score (nSPS) is 10.8. The minimum absolute atomic E-state index is 0. The number of furan rings is 1. The third kappa shape index (κ3) is 6.64. The second kappa shape index (κ2) is 8.38. The van der Waals surface area contributed by atoms with Crippen molar-refractivity contribution < 1.29 is 13.9 Å². The number of carbonyl (C=O) groups excluding carboxylic acids is 1. The Morgan fingerprint density at radius 2 is 1.91 bits per heavy atom. The number of hydrogen-bond acceptors (Lipinski definition) is 4. The molecule has 7 heteroatoms. The molecule has 0 atom stereocenters. The van der Waals surface area contributed by atoms with Crippen LogP contribution in [0.1, 0.15) is 30.2 Å². The van der Waals surface area contributed by atoms with Crippen molar-refractivity contribution in [2.45, 2.75) is 26.0 Å². The van der Waals surface area contributed by atoms with Crippen LogP contribution in [0, 0.1) is 0 Å². The second-order valence-electron chi connectivity index (χ2n) is 5.68. The summed E-state index contributed by atoms with van der Waals surface area (Å²) in [6.07, 6.45) is 0. The Balaban J connectivity index is 0.00000264. The van der Waals surface area contributed by atoms with Crippen molar-refractivity contribution in [2.24, 2.45) is 5.73 Å². The monoisotopic (exact) mass is 402 g/mol. The van der Waals surface area contributed by atoms with Gasteiger partial charge in [0, 0.05) is 16.6 Å². The van der Waals surface area contributed by atoms with E-state index in [0.29, 0.717) is 12.3 Å². The molecule has 1 heterocycles. The molecule has 1 aromatic heterocycles. The Labute approximate surface area is 150 Å². The number of rotatable bonds is 6. The van der Waals surface area contributed by atoms with Gasteiger partial charge in [0.1, 0.15) is 18.1 Å². The highest BCUT2D eigenvalue weighted by Gasteiger charge is 2.16. The first-order valence-corrected chi connectivity index (χ1v) is 7.67. The third-order valence-electron chi connectivity index (χ3n) is 2.78. The predicted molar refractivity (Wildman–Crippen MR) is 95.0 cm³/mol. The summed E-state index contributed by atoms with van der Waals surface area (Å²) >= 11 is 3.36. The largest absolute Gasteiger partial charge is 0.486 e. The molecule has 0 unspecified atom stereocenters. The lowest BCUT2D eigenvalue weighted by Crippen LogP contribution is -2.45. The summed E-state index contributed by atoms with van der Waals surface area (Å²) in [5, 5.41) is 2.73. The number of hydrogen-bond donors (Lipinski definition) is 2. The molecule has 2 aromatic rings. The zero-order chi connectivity index (χ0) is 16.2. The van der Waals surface area contributed by atoms with Crippen LogP contribution in [-0.2, 0) is 6.61 Å². The highest BCUT2D eigenvalue weighted by Crippen LogP contribution is 2.18. The first-order valence-electron chi connectivity index (χ1n) is 6.88. The standard InChI is InChI=1S/C16H19BrN2O3.ClH/c1-16(2,18)10-19-15(20)14-8-7-13(22-14)9-21-12-5-3-11(17)4-6-12;/h3-8H,9-10,18H2,1-2H3,(H,19,20);1H. The van der Waals surface area contributed by atoms with E-state index in [-0.39, 0.29) is 30.7 Å². The van der Waals surface area contributed by atoms with Crippen LogP contribution >= 0.6 is 28.3 Å². The molecule has 0 saturated heterocycles. The molecule has 0 aliphatic heterocycles. The fraction of sp³-hybridized carbons (Fsp3) is 0.312. The molecular formula is C16H20BrClN2O3. The maximum absolute atomic E-state index is 11.9. The molecule has 0 aliphatic carbocycles. The summed E-state index contributed by atoms with van der Waals surface area (Å²) in [6.45, 7) is 4.31. The lowest BCUT2D eigenvalue weighted by molar-refractivity contribution is 0.0914. The van der Waals surface area contributed by atoms with Crippen LogP contribution in [0.2, 0.25) is 0 Å². The molecule has 5 nitrogen and oxygen atoms in total. The van der Waals surface area contributed by atoms with Gasteiger partial charge in [-0.3, -0.25) is 4.79 Å². The minimum atomic E-state index is -0.463. The van der Waals surface area contributed by atoms with Crippen molar-refractivity contribution in [1.29, 1.82) is 0 Å². The second-order valence-corrected chi connectivity index (χ2v) is 6.60. The van der Waals surface area contributed by atoms with Crippen molar-refractivity contribution in [1.82, 2.24) is 5.32 Å². The van der Waals surface area contributed by atoms with Gasteiger partial charge in [-0.2, -0.15) is 0 Å². The van der Waals surface area contributed by atoms with E-state index in [1.165, 1.54) is 0 Å². The first-order chi connectivity index (χ1) is 10.3. The van der Waals surface area contributed by atoms with E-state index in [4.69, 9.17) is 14.9 Å². The highest BCUT2D eigenvalue weighted by atomic mass is 79.9. The molecular weight excluding hydrogens is 384 g/mol. The summed E-state index contributed by atoms with van der Waals surface area (Å²) in [7, 11) is 0. The summed E-state index contributed by atoms with van der Waals surface area (Å²) in [5.74, 6) is 1.28. The van der Waals surface area contributed by atoms with Gasteiger partial charge in [-0.05, 0) is 50.2 Å². The number of ether oxygens (including phenoxy) is 1. The predicted octanol–water partition coefficient (Wildman–Crippen LogP) is 3.51. The molecule has 0 bridgehead atoms. The van der Waals surface area contributed by atoms with Gasteiger partial charge < -0.3 is 20.2 Å². The van der Waals surface area contributed by atoms with Gasteiger partial charge in [0.15, 0.2) is 5.76 Å². The molecule has 0 saturated carbocycles. The van der Waals surface area contributed by atoms with Gasteiger partial charge in [0.05, 0.1) is 0 Å². The van der Waals surface area contributed by atoms with Crippen molar-refractivity contribution >= 4 is 34.2 Å². The average molecular weight is 404 g/mol. The fourth-order valence-electron chi connectivity index (χ4n) is 1.66. The van der Waals surface area contributed by atoms with E-state index in [2.05, 4.69) is 21.2 Å². The average Bonchev–Trinajstić information content (AvgIpc) is 2.92. The molecule has 126 valence electrons. The lowest BCUT2D eigenvalue weighted by Gasteiger charge is -2.18. The number of halogens is 2. The van der Waals surface area contributed by atoms with Crippen LogP contribution in [0.25, 0.3) is 0 Å². The van der Waals surface area contributed by atoms with Crippen molar-refractivity contribution in [3.05, 3.63) is 52.4 Å². The van der Waals surface area contributed by atoms with Crippen molar-refractivity contribution in [3.63, 3.8) is 0 Å². The van der Waals surface area contributed by atoms with E-state index in [0.717, 1.165) is 10.2 Å². The maximum atomic E-state index is 11.9. The Morgan fingerprint density at radius 1 is 1.26 bits per heavy atom. The number of nitrogens with one attached hydrogen (secondary N) is 1. The molecule has 1 aromatic carbocycles. The Bertz CT molecular complexity index is 636. The number of carbonyl (C=O) groups is 1. The minimum Gasteiger partial charge on any atom is -0.486 e. The molecule has 0 fully saturated rings.